The minimum absolute atomic E-state index is 0.584. The molecule has 4 N–H and O–H groups in total. The SMILES string of the molecule is COc1ccc(C(NN)C(=O)O)cc1. The normalized spacial score (nSPS) is 12.1. The third-order valence-corrected chi connectivity index (χ3v) is 1.86. The van der Waals surface area contributed by atoms with Gasteiger partial charge in [0.2, 0.25) is 0 Å². The molecule has 0 aliphatic rings. The van der Waals surface area contributed by atoms with E-state index in [4.69, 9.17) is 15.7 Å². The predicted octanol–water partition coefficient (Wildman–Crippen LogP) is 0.284. The zero-order chi connectivity index (χ0) is 10.6. The fraction of sp³-hybridized carbons (Fsp3) is 0.222. The van der Waals surface area contributed by atoms with Crippen molar-refractivity contribution >= 4 is 5.97 Å². The van der Waals surface area contributed by atoms with E-state index in [0.29, 0.717) is 11.3 Å². The van der Waals surface area contributed by atoms with Crippen LogP contribution in [-0.4, -0.2) is 18.2 Å². The Hall–Kier alpha value is -1.59. The minimum Gasteiger partial charge on any atom is -0.497 e. The maximum Gasteiger partial charge on any atom is 0.326 e. The zero-order valence-electron chi connectivity index (χ0n) is 7.73. The molecule has 1 atom stereocenters. The molecule has 5 heteroatoms. The van der Waals surface area contributed by atoms with E-state index in [1.807, 2.05) is 0 Å². The van der Waals surface area contributed by atoms with E-state index in [1.165, 1.54) is 0 Å². The molecule has 0 aliphatic carbocycles. The molecule has 0 aliphatic heterocycles. The summed E-state index contributed by atoms with van der Waals surface area (Å²) in [5.41, 5.74) is 2.80. The van der Waals surface area contributed by atoms with Crippen molar-refractivity contribution in [2.75, 3.05) is 7.11 Å². The lowest BCUT2D eigenvalue weighted by Gasteiger charge is -2.11. The first-order chi connectivity index (χ1) is 6.69. The Balaban J connectivity index is 2.89. The Kier molecular flexibility index (Phi) is 3.44. The number of nitrogens with one attached hydrogen (secondary N) is 1. The Morgan fingerprint density at radius 3 is 2.43 bits per heavy atom. The largest absolute Gasteiger partial charge is 0.497 e. The van der Waals surface area contributed by atoms with E-state index in [-0.39, 0.29) is 0 Å². The lowest BCUT2D eigenvalue weighted by molar-refractivity contribution is -0.139. The van der Waals surface area contributed by atoms with Crippen LogP contribution in [0.25, 0.3) is 0 Å². The molecule has 0 spiro atoms. The van der Waals surface area contributed by atoms with Gasteiger partial charge in [0.25, 0.3) is 0 Å². The van der Waals surface area contributed by atoms with Gasteiger partial charge in [0, 0.05) is 0 Å². The van der Waals surface area contributed by atoms with Crippen LogP contribution in [0.5, 0.6) is 5.75 Å². The first-order valence-corrected chi connectivity index (χ1v) is 4.02. The van der Waals surface area contributed by atoms with Crippen LogP contribution in [0.3, 0.4) is 0 Å². The number of rotatable bonds is 4. The van der Waals surface area contributed by atoms with Gasteiger partial charge in [0.1, 0.15) is 11.8 Å². The molecule has 0 fully saturated rings. The number of ether oxygens (including phenoxy) is 1. The number of carboxylic acid groups (broad SMARTS) is 1. The minimum atomic E-state index is -1.02. The molecule has 1 rings (SSSR count). The maximum absolute atomic E-state index is 10.7. The second kappa shape index (κ2) is 4.59. The lowest BCUT2D eigenvalue weighted by atomic mass is 10.1. The Bertz CT molecular complexity index is 310. The molecule has 1 unspecified atom stereocenters. The molecular weight excluding hydrogens is 184 g/mol. The van der Waals surface area contributed by atoms with Crippen molar-refractivity contribution in [3.63, 3.8) is 0 Å². The Labute approximate surface area is 81.5 Å². The highest BCUT2D eigenvalue weighted by atomic mass is 16.5. The topological polar surface area (TPSA) is 84.6 Å². The number of methoxy groups -OCH3 is 1. The van der Waals surface area contributed by atoms with Crippen LogP contribution in [0.2, 0.25) is 0 Å². The van der Waals surface area contributed by atoms with Gasteiger partial charge in [0.05, 0.1) is 7.11 Å². The molecule has 0 heterocycles. The highest BCUT2D eigenvalue weighted by Crippen LogP contribution is 2.16. The van der Waals surface area contributed by atoms with Crippen molar-refractivity contribution in [1.29, 1.82) is 0 Å². The van der Waals surface area contributed by atoms with Crippen LogP contribution in [0.1, 0.15) is 11.6 Å². The molecule has 1 aromatic rings. The van der Waals surface area contributed by atoms with E-state index >= 15 is 0 Å². The van der Waals surface area contributed by atoms with Crippen LogP contribution in [0, 0.1) is 0 Å². The predicted molar refractivity (Wildman–Crippen MR) is 50.7 cm³/mol. The first kappa shape index (κ1) is 10.5. The maximum atomic E-state index is 10.7. The molecular formula is C9H12N2O3. The second-order valence-corrected chi connectivity index (χ2v) is 2.71. The Morgan fingerprint density at radius 1 is 1.50 bits per heavy atom. The molecule has 0 saturated heterocycles. The van der Waals surface area contributed by atoms with Crippen molar-refractivity contribution in [3.05, 3.63) is 29.8 Å². The monoisotopic (exact) mass is 196 g/mol. The van der Waals surface area contributed by atoms with E-state index in [2.05, 4.69) is 5.43 Å². The van der Waals surface area contributed by atoms with E-state index in [9.17, 15) is 4.79 Å². The lowest BCUT2D eigenvalue weighted by Crippen LogP contribution is -2.33. The van der Waals surface area contributed by atoms with Crippen LogP contribution in [0.15, 0.2) is 24.3 Å². The third-order valence-electron chi connectivity index (χ3n) is 1.86. The standard InChI is InChI=1S/C9H12N2O3/c1-14-7-4-2-6(3-5-7)8(11-10)9(12)13/h2-5,8,11H,10H2,1H3,(H,12,13). The number of hydrogen-bond donors (Lipinski definition) is 3. The van der Waals surface area contributed by atoms with Gasteiger partial charge in [-0.25, -0.2) is 5.43 Å². The fourth-order valence-corrected chi connectivity index (χ4v) is 1.11. The average molecular weight is 196 g/mol. The Morgan fingerprint density at radius 2 is 2.07 bits per heavy atom. The summed E-state index contributed by atoms with van der Waals surface area (Å²) in [4.78, 5) is 10.7. The summed E-state index contributed by atoms with van der Waals surface area (Å²) in [6.07, 6.45) is 0. The summed E-state index contributed by atoms with van der Waals surface area (Å²) in [6, 6.07) is 5.78. The number of aliphatic carboxylic acids is 1. The fourth-order valence-electron chi connectivity index (χ4n) is 1.11. The number of hydrazine groups is 1. The third kappa shape index (κ3) is 2.21. The van der Waals surface area contributed by atoms with Gasteiger partial charge < -0.3 is 9.84 Å². The van der Waals surface area contributed by atoms with Gasteiger partial charge in [-0.1, -0.05) is 12.1 Å². The smallest absolute Gasteiger partial charge is 0.326 e. The zero-order valence-corrected chi connectivity index (χ0v) is 7.73. The van der Waals surface area contributed by atoms with Gasteiger partial charge >= 0.3 is 5.97 Å². The molecule has 0 saturated carbocycles. The van der Waals surface area contributed by atoms with Crippen LogP contribution in [0.4, 0.5) is 0 Å². The summed E-state index contributed by atoms with van der Waals surface area (Å²) in [5, 5.41) is 8.78. The van der Waals surface area contributed by atoms with Crippen molar-refractivity contribution in [1.82, 2.24) is 5.43 Å². The van der Waals surface area contributed by atoms with Crippen LogP contribution >= 0.6 is 0 Å². The first-order valence-electron chi connectivity index (χ1n) is 4.02. The quantitative estimate of drug-likeness (QED) is 0.476. The van der Waals surface area contributed by atoms with E-state index in [0.717, 1.165) is 0 Å². The summed E-state index contributed by atoms with van der Waals surface area (Å²) >= 11 is 0. The molecule has 0 amide bonds. The van der Waals surface area contributed by atoms with Crippen molar-refractivity contribution in [3.8, 4) is 5.75 Å². The van der Waals surface area contributed by atoms with Crippen molar-refractivity contribution < 1.29 is 14.6 Å². The summed E-state index contributed by atoms with van der Waals surface area (Å²) < 4.78 is 4.94. The number of nitrogens with two attached hydrogens (primary N) is 1. The summed E-state index contributed by atoms with van der Waals surface area (Å²) in [6.45, 7) is 0. The summed E-state index contributed by atoms with van der Waals surface area (Å²) in [7, 11) is 1.55. The second-order valence-electron chi connectivity index (χ2n) is 2.71. The van der Waals surface area contributed by atoms with Gasteiger partial charge in [-0.05, 0) is 17.7 Å². The number of carbonyl (C=O) groups is 1. The number of carboxylic acids is 1. The number of benzene rings is 1. The molecule has 76 valence electrons. The van der Waals surface area contributed by atoms with E-state index < -0.39 is 12.0 Å². The van der Waals surface area contributed by atoms with Crippen molar-refractivity contribution in [2.24, 2.45) is 5.84 Å². The average Bonchev–Trinajstić information content (AvgIpc) is 2.19. The molecule has 0 aromatic heterocycles. The molecule has 14 heavy (non-hydrogen) atoms. The van der Waals surface area contributed by atoms with Gasteiger partial charge in [-0.15, -0.1) is 0 Å². The van der Waals surface area contributed by atoms with Gasteiger partial charge in [-0.2, -0.15) is 0 Å². The van der Waals surface area contributed by atoms with Gasteiger partial charge in [-0.3, -0.25) is 10.6 Å². The molecule has 5 nitrogen and oxygen atoms in total. The van der Waals surface area contributed by atoms with Crippen LogP contribution in [-0.2, 0) is 4.79 Å². The molecule has 0 bridgehead atoms. The van der Waals surface area contributed by atoms with Crippen LogP contribution < -0.4 is 16.0 Å². The molecule has 0 radical (unpaired) electrons. The van der Waals surface area contributed by atoms with Crippen molar-refractivity contribution in [2.45, 2.75) is 6.04 Å². The van der Waals surface area contributed by atoms with Gasteiger partial charge in [0.15, 0.2) is 0 Å². The number of hydrogen-bond acceptors (Lipinski definition) is 4. The highest BCUT2D eigenvalue weighted by Gasteiger charge is 2.17. The van der Waals surface area contributed by atoms with E-state index in [1.54, 1.807) is 31.4 Å². The highest BCUT2D eigenvalue weighted by molar-refractivity contribution is 5.75. The summed E-state index contributed by atoms with van der Waals surface area (Å²) in [5.74, 6) is 4.77. The molecule has 1 aromatic carbocycles.